The Morgan fingerprint density at radius 3 is 2.82 bits per heavy atom. The Morgan fingerprint density at radius 2 is 2.00 bits per heavy atom. The molecule has 0 amide bonds. The van der Waals surface area contributed by atoms with E-state index in [2.05, 4.69) is 27.1 Å². The van der Waals surface area contributed by atoms with Crippen LogP contribution in [-0.2, 0) is 6.42 Å². The van der Waals surface area contributed by atoms with Gasteiger partial charge in [0.25, 0.3) is 0 Å². The van der Waals surface area contributed by atoms with E-state index in [-0.39, 0.29) is 0 Å². The van der Waals surface area contributed by atoms with Crippen LogP contribution in [0.15, 0.2) is 42.6 Å². The van der Waals surface area contributed by atoms with E-state index in [1.165, 1.54) is 5.56 Å². The van der Waals surface area contributed by atoms with Gasteiger partial charge in [-0.3, -0.25) is 0 Å². The van der Waals surface area contributed by atoms with Gasteiger partial charge in [-0.2, -0.15) is 0 Å². The minimum Gasteiger partial charge on any atom is -0.340 e. The van der Waals surface area contributed by atoms with Gasteiger partial charge in [0.1, 0.15) is 5.82 Å². The molecule has 1 aromatic carbocycles. The number of benzene rings is 1. The van der Waals surface area contributed by atoms with Crippen molar-refractivity contribution in [2.24, 2.45) is 0 Å². The van der Waals surface area contributed by atoms with Gasteiger partial charge in [-0.05, 0) is 11.6 Å². The molecule has 0 spiro atoms. The molecule has 0 atom stereocenters. The normalized spacial score (nSPS) is 10.9. The lowest BCUT2D eigenvalue weighted by Crippen LogP contribution is -1.89. The zero-order chi connectivity index (χ0) is 11.7. The molecule has 4 heteroatoms. The monoisotopic (exact) mass is 243 g/mol. The number of hydrogen-bond donors (Lipinski definition) is 1. The zero-order valence-electron chi connectivity index (χ0n) is 9.02. The first-order valence-electron chi connectivity index (χ1n) is 5.35. The molecule has 0 aliphatic carbocycles. The molecule has 0 bridgehead atoms. The average molecular weight is 244 g/mol. The summed E-state index contributed by atoms with van der Waals surface area (Å²) in [6.07, 6.45) is 2.38. The Morgan fingerprint density at radius 1 is 1.18 bits per heavy atom. The van der Waals surface area contributed by atoms with Crippen molar-refractivity contribution >= 4 is 22.8 Å². The van der Waals surface area contributed by atoms with Crippen molar-refractivity contribution in [1.82, 2.24) is 15.0 Å². The summed E-state index contributed by atoms with van der Waals surface area (Å²) < 4.78 is 0. The van der Waals surface area contributed by atoms with E-state index in [9.17, 15) is 0 Å². The predicted octanol–water partition coefficient (Wildman–Crippen LogP) is 3.20. The molecule has 0 unspecified atom stereocenters. The highest BCUT2D eigenvalue weighted by molar-refractivity contribution is 6.30. The SMILES string of the molecule is Clc1cnc2nc(Cc3ccccc3)[nH]c2c1. The van der Waals surface area contributed by atoms with Crippen LogP contribution in [0.25, 0.3) is 11.2 Å². The zero-order valence-corrected chi connectivity index (χ0v) is 9.78. The molecule has 0 radical (unpaired) electrons. The van der Waals surface area contributed by atoms with Crippen LogP contribution in [0.5, 0.6) is 0 Å². The Kier molecular flexibility index (Phi) is 2.53. The second kappa shape index (κ2) is 4.18. The Balaban J connectivity index is 1.96. The lowest BCUT2D eigenvalue weighted by Gasteiger charge is -1.95. The first kappa shape index (κ1) is 10.3. The first-order chi connectivity index (χ1) is 8.31. The predicted molar refractivity (Wildman–Crippen MR) is 68.1 cm³/mol. The second-order valence-corrected chi connectivity index (χ2v) is 4.31. The van der Waals surface area contributed by atoms with Crippen molar-refractivity contribution in [3.63, 3.8) is 0 Å². The summed E-state index contributed by atoms with van der Waals surface area (Å²) >= 11 is 5.88. The number of fused-ring (bicyclic) bond motifs is 1. The molecule has 0 saturated carbocycles. The van der Waals surface area contributed by atoms with Gasteiger partial charge >= 0.3 is 0 Å². The molecule has 2 aromatic heterocycles. The number of rotatable bonds is 2. The molecule has 0 aliphatic rings. The fraction of sp³-hybridized carbons (Fsp3) is 0.0769. The number of pyridine rings is 1. The van der Waals surface area contributed by atoms with Crippen LogP contribution < -0.4 is 0 Å². The van der Waals surface area contributed by atoms with Gasteiger partial charge in [0.15, 0.2) is 5.65 Å². The molecule has 0 fully saturated rings. The van der Waals surface area contributed by atoms with Crippen molar-refractivity contribution in [3.8, 4) is 0 Å². The smallest absolute Gasteiger partial charge is 0.177 e. The molecule has 17 heavy (non-hydrogen) atoms. The largest absolute Gasteiger partial charge is 0.340 e. The fourth-order valence-corrected chi connectivity index (χ4v) is 1.96. The Bertz CT molecular complexity index is 646. The number of H-pyrrole nitrogens is 1. The number of hydrogen-bond acceptors (Lipinski definition) is 2. The highest BCUT2D eigenvalue weighted by Gasteiger charge is 2.04. The maximum absolute atomic E-state index is 5.88. The lowest BCUT2D eigenvalue weighted by molar-refractivity contribution is 1.03. The van der Waals surface area contributed by atoms with Crippen molar-refractivity contribution < 1.29 is 0 Å². The maximum atomic E-state index is 5.88. The van der Waals surface area contributed by atoms with E-state index >= 15 is 0 Å². The molecule has 3 nitrogen and oxygen atoms in total. The van der Waals surface area contributed by atoms with E-state index in [1.54, 1.807) is 6.20 Å². The molecule has 3 rings (SSSR count). The quantitative estimate of drug-likeness (QED) is 0.751. The van der Waals surface area contributed by atoms with E-state index in [1.807, 2.05) is 24.3 Å². The highest BCUT2D eigenvalue weighted by Crippen LogP contribution is 2.15. The van der Waals surface area contributed by atoms with Gasteiger partial charge in [-0.25, -0.2) is 9.97 Å². The number of nitrogens with zero attached hydrogens (tertiary/aromatic N) is 2. The van der Waals surface area contributed by atoms with Crippen molar-refractivity contribution in [2.75, 3.05) is 0 Å². The summed E-state index contributed by atoms with van der Waals surface area (Å²) in [7, 11) is 0. The third-order valence-corrected chi connectivity index (χ3v) is 2.77. The van der Waals surface area contributed by atoms with E-state index in [0.29, 0.717) is 10.7 Å². The molecule has 84 valence electrons. The van der Waals surface area contributed by atoms with Crippen molar-refractivity contribution in [1.29, 1.82) is 0 Å². The van der Waals surface area contributed by atoms with E-state index in [0.717, 1.165) is 17.8 Å². The van der Waals surface area contributed by atoms with Gasteiger partial charge in [0, 0.05) is 12.6 Å². The first-order valence-corrected chi connectivity index (χ1v) is 5.73. The summed E-state index contributed by atoms with van der Waals surface area (Å²) in [6.45, 7) is 0. The Labute approximate surface area is 103 Å². The van der Waals surface area contributed by atoms with Gasteiger partial charge in [-0.1, -0.05) is 41.9 Å². The highest BCUT2D eigenvalue weighted by atomic mass is 35.5. The molecule has 2 heterocycles. The summed E-state index contributed by atoms with van der Waals surface area (Å²) in [5.41, 5.74) is 2.81. The minimum absolute atomic E-state index is 0.618. The van der Waals surface area contributed by atoms with Gasteiger partial charge < -0.3 is 4.98 Å². The van der Waals surface area contributed by atoms with Crippen molar-refractivity contribution in [3.05, 3.63) is 59.0 Å². The summed E-state index contributed by atoms with van der Waals surface area (Å²) in [4.78, 5) is 11.8. The number of imidazole rings is 1. The van der Waals surface area contributed by atoms with Crippen LogP contribution in [0, 0.1) is 0 Å². The number of nitrogens with one attached hydrogen (secondary N) is 1. The van der Waals surface area contributed by atoms with Gasteiger partial charge in [0.2, 0.25) is 0 Å². The van der Waals surface area contributed by atoms with Gasteiger partial charge in [-0.15, -0.1) is 0 Å². The summed E-state index contributed by atoms with van der Waals surface area (Å²) in [6, 6.07) is 12.0. The topological polar surface area (TPSA) is 41.6 Å². The number of aromatic amines is 1. The van der Waals surface area contributed by atoms with Crippen LogP contribution in [0.2, 0.25) is 5.02 Å². The molecule has 0 saturated heterocycles. The summed E-state index contributed by atoms with van der Waals surface area (Å²) in [5, 5.41) is 0.618. The third-order valence-electron chi connectivity index (χ3n) is 2.57. The van der Waals surface area contributed by atoms with Gasteiger partial charge in [0.05, 0.1) is 10.5 Å². The number of halogens is 1. The molecular weight excluding hydrogens is 234 g/mol. The van der Waals surface area contributed by atoms with E-state index in [4.69, 9.17) is 11.6 Å². The third kappa shape index (κ3) is 2.15. The molecular formula is C13H10ClN3. The minimum atomic E-state index is 0.618. The molecule has 3 aromatic rings. The maximum Gasteiger partial charge on any atom is 0.177 e. The second-order valence-electron chi connectivity index (χ2n) is 3.87. The van der Waals surface area contributed by atoms with Crippen LogP contribution in [0.4, 0.5) is 0 Å². The molecule has 1 N–H and O–H groups in total. The van der Waals surface area contributed by atoms with Crippen LogP contribution in [0.3, 0.4) is 0 Å². The van der Waals surface area contributed by atoms with Crippen LogP contribution >= 0.6 is 11.6 Å². The fourth-order valence-electron chi connectivity index (χ4n) is 1.80. The summed E-state index contributed by atoms with van der Waals surface area (Å²) in [5.74, 6) is 0.904. The average Bonchev–Trinajstić information content (AvgIpc) is 2.71. The Hall–Kier alpha value is -1.87. The molecule has 0 aliphatic heterocycles. The van der Waals surface area contributed by atoms with Crippen molar-refractivity contribution in [2.45, 2.75) is 6.42 Å². The lowest BCUT2D eigenvalue weighted by atomic mass is 10.1. The number of aromatic nitrogens is 3. The van der Waals surface area contributed by atoms with E-state index < -0.39 is 0 Å². The standard InChI is InChI=1S/C13H10ClN3/c14-10-7-11-13(15-8-10)17-12(16-11)6-9-4-2-1-3-5-9/h1-5,7-8H,6H2,(H,15,16,17). The van der Waals surface area contributed by atoms with Crippen LogP contribution in [0.1, 0.15) is 11.4 Å². The van der Waals surface area contributed by atoms with Crippen LogP contribution in [-0.4, -0.2) is 15.0 Å².